The minimum absolute atomic E-state index is 0.0290. The predicted octanol–water partition coefficient (Wildman–Crippen LogP) is 3.16. The molecule has 1 saturated heterocycles. The molecule has 5 nitrogen and oxygen atoms in total. The molecule has 0 radical (unpaired) electrons. The number of carbonyl (C=O) groups excluding carboxylic acids is 2. The second-order valence-electron chi connectivity index (χ2n) is 7.05. The molecule has 24 heavy (non-hydrogen) atoms. The van der Waals surface area contributed by atoms with Crippen molar-refractivity contribution >= 4 is 23.2 Å². The molecule has 3 rings (SSSR count). The van der Waals surface area contributed by atoms with Crippen LogP contribution in [0, 0.1) is 5.92 Å². The van der Waals surface area contributed by atoms with Crippen LogP contribution in [-0.2, 0) is 4.79 Å². The number of piperidine rings is 1. The topological polar surface area (TPSA) is 61.4 Å². The maximum atomic E-state index is 12.7. The molecule has 2 N–H and O–H groups in total. The molecular formula is C19H27N3O2. The number of anilines is 2. The zero-order valence-corrected chi connectivity index (χ0v) is 14.6. The van der Waals surface area contributed by atoms with E-state index in [2.05, 4.69) is 22.5 Å². The Morgan fingerprint density at radius 2 is 1.88 bits per heavy atom. The summed E-state index contributed by atoms with van der Waals surface area (Å²) < 4.78 is 0. The summed E-state index contributed by atoms with van der Waals surface area (Å²) >= 11 is 0. The van der Waals surface area contributed by atoms with Gasteiger partial charge >= 0.3 is 0 Å². The molecule has 5 heteroatoms. The smallest absolute Gasteiger partial charge is 0.253 e. The van der Waals surface area contributed by atoms with Crippen LogP contribution in [0.3, 0.4) is 0 Å². The lowest BCUT2D eigenvalue weighted by Gasteiger charge is -2.33. The minimum atomic E-state index is -0.0388. The van der Waals surface area contributed by atoms with Crippen molar-refractivity contribution < 1.29 is 9.59 Å². The quantitative estimate of drug-likeness (QED) is 0.872. The predicted molar refractivity (Wildman–Crippen MR) is 96.5 cm³/mol. The third-order valence-corrected chi connectivity index (χ3v) is 4.88. The molecule has 2 aliphatic rings. The van der Waals surface area contributed by atoms with Crippen LogP contribution in [0.25, 0.3) is 0 Å². The highest BCUT2D eigenvalue weighted by Crippen LogP contribution is 2.29. The summed E-state index contributed by atoms with van der Waals surface area (Å²) in [5.41, 5.74) is 2.34. The number of amides is 2. The van der Waals surface area contributed by atoms with Crippen molar-refractivity contribution in [2.75, 3.05) is 23.3 Å². The van der Waals surface area contributed by atoms with Gasteiger partial charge in [-0.25, -0.2) is 0 Å². The third-order valence-electron chi connectivity index (χ3n) is 4.88. The van der Waals surface area contributed by atoms with Gasteiger partial charge in [-0.15, -0.1) is 0 Å². The molecule has 1 heterocycles. The van der Waals surface area contributed by atoms with Gasteiger partial charge in [-0.3, -0.25) is 9.59 Å². The van der Waals surface area contributed by atoms with Gasteiger partial charge in [0.25, 0.3) is 5.91 Å². The molecule has 1 aliphatic heterocycles. The first-order valence-corrected chi connectivity index (χ1v) is 9.06. The van der Waals surface area contributed by atoms with E-state index in [1.165, 1.54) is 0 Å². The molecule has 1 aromatic rings. The number of carbonyl (C=O) groups is 2. The van der Waals surface area contributed by atoms with E-state index in [1.807, 2.05) is 25.1 Å². The standard InChI is InChI=1S/C19H27N3O2/c1-3-18(23)20-15-6-7-17(22-10-8-13(2)9-11-22)16(12-15)19(24)21-14-4-5-14/h6-7,12-14H,3-5,8-11H2,1-2H3,(H,20,23)(H,21,24). The lowest BCUT2D eigenvalue weighted by atomic mass is 9.97. The van der Waals surface area contributed by atoms with Crippen LogP contribution in [0.4, 0.5) is 11.4 Å². The summed E-state index contributed by atoms with van der Waals surface area (Å²) in [5, 5.41) is 5.93. The fraction of sp³-hybridized carbons (Fsp3) is 0.579. The van der Waals surface area contributed by atoms with Crippen LogP contribution in [-0.4, -0.2) is 30.9 Å². The summed E-state index contributed by atoms with van der Waals surface area (Å²) in [4.78, 5) is 26.6. The first-order chi connectivity index (χ1) is 11.6. The van der Waals surface area contributed by atoms with Crippen LogP contribution in [0.15, 0.2) is 18.2 Å². The van der Waals surface area contributed by atoms with Crippen LogP contribution >= 0.6 is 0 Å². The Bertz CT molecular complexity index is 617. The van der Waals surface area contributed by atoms with E-state index in [0.717, 1.165) is 50.4 Å². The van der Waals surface area contributed by atoms with Gasteiger partial charge in [0.2, 0.25) is 5.91 Å². The van der Waals surface area contributed by atoms with Gasteiger partial charge in [0.05, 0.1) is 5.56 Å². The molecular weight excluding hydrogens is 302 g/mol. The zero-order chi connectivity index (χ0) is 17.1. The summed E-state index contributed by atoms with van der Waals surface area (Å²) in [6.45, 7) is 6.05. The molecule has 0 atom stereocenters. The van der Waals surface area contributed by atoms with Crippen LogP contribution < -0.4 is 15.5 Å². The fourth-order valence-corrected chi connectivity index (χ4v) is 3.06. The van der Waals surface area contributed by atoms with E-state index in [4.69, 9.17) is 0 Å². The fourth-order valence-electron chi connectivity index (χ4n) is 3.06. The molecule has 1 aromatic carbocycles. The summed E-state index contributed by atoms with van der Waals surface area (Å²) in [5.74, 6) is 0.676. The SMILES string of the molecule is CCC(=O)Nc1ccc(N2CCC(C)CC2)c(C(=O)NC2CC2)c1. The Kier molecular flexibility index (Phi) is 5.07. The Morgan fingerprint density at radius 3 is 2.50 bits per heavy atom. The first kappa shape index (κ1) is 16.8. The average Bonchev–Trinajstić information content (AvgIpc) is 3.39. The second-order valence-corrected chi connectivity index (χ2v) is 7.05. The highest BCUT2D eigenvalue weighted by molar-refractivity contribution is 6.02. The van der Waals surface area contributed by atoms with Gasteiger partial charge < -0.3 is 15.5 Å². The molecule has 1 aliphatic carbocycles. The number of hydrogen-bond acceptors (Lipinski definition) is 3. The number of nitrogens with one attached hydrogen (secondary N) is 2. The maximum absolute atomic E-state index is 12.7. The van der Waals surface area contributed by atoms with Crippen LogP contribution in [0.2, 0.25) is 0 Å². The highest BCUT2D eigenvalue weighted by atomic mass is 16.2. The normalized spacial score (nSPS) is 18.3. The molecule has 1 saturated carbocycles. The number of nitrogens with zero attached hydrogens (tertiary/aromatic N) is 1. The molecule has 130 valence electrons. The van der Waals surface area contributed by atoms with E-state index in [0.29, 0.717) is 23.7 Å². The molecule has 0 spiro atoms. The van der Waals surface area contributed by atoms with E-state index >= 15 is 0 Å². The highest BCUT2D eigenvalue weighted by Gasteiger charge is 2.27. The van der Waals surface area contributed by atoms with Gasteiger partial charge in [-0.05, 0) is 49.8 Å². The third kappa shape index (κ3) is 4.08. The average molecular weight is 329 g/mol. The molecule has 0 aromatic heterocycles. The molecule has 0 unspecified atom stereocenters. The Labute approximate surface area is 143 Å². The van der Waals surface area contributed by atoms with Crippen LogP contribution in [0.1, 0.15) is 56.3 Å². The van der Waals surface area contributed by atoms with E-state index in [-0.39, 0.29) is 11.8 Å². The zero-order valence-electron chi connectivity index (χ0n) is 14.6. The van der Waals surface area contributed by atoms with E-state index < -0.39 is 0 Å². The maximum Gasteiger partial charge on any atom is 0.253 e. The number of benzene rings is 1. The Hall–Kier alpha value is -2.04. The first-order valence-electron chi connectivity index (χ1n) is 9.06. The summed E-state index contributed by atoms with van der Waals surface area (Å²) in [6, 6.07) is 6.01. The van der Waals surface area contributed by atoms with Gasteiger partial charge in [0, 0.05) is 36.9 Å². The van der Waals surface area contributed by atoms with E-state index in [1.54, 1.807) is 0 Å². The van der Waals surface area contributed by atoms with Crippen molar-refractivity contribution in [2.45, 2.75) is 52.0 Å². The van der Waals surface area contributed by atoms with E-state index in [9.17, 15) is 9.59 Å². The lowest BCUT2D eigenvalue weighted by Crippen LogP contribution is -2.35. The van der Waals surface area contributed by atoms with Crippen molar-refractivity contribution in [1.29, 1.82) is 0 Å². The largest absolute Gasteiger partial charge is 0.371 e. The lowest BCUT2D eigenvalue weighted by molar-refractivity contribution is -0.115. The Morgan fingerprint density at radius 1 is 1.17 bits per heavy atom. The van der Waals surface area contributed by atoms with Gasteiger partial charge in [0.15, 0.2) is 0 Å². The number of hydrogen-bond donors (Lipinski definition) is 2. The van der Waals surface area contributed by atoms with Gasteiger partial charge in [-0.1, -0.05) is 13.8 Å². The second kappa shape index (κ2) is 7.24. The number of rotatable bonds is 5. The summed E-state index contributed by atoms with van der Waals surface area (Å²) in [6.07, 6.45) is 4.86. The Balaban J connectivity index is 1.84. The van der Waals surface area contributed by atoms with Gasteiger partial charge in [-0.2, -0.15) is 0 Å². The van der Waals surface area contributed by atoms with Crippen molar-refractivity contribution in [3.8, 4) is 0 Å². The van der Waals surface area contributed by atoms with Crippen molar-refractivity contribution in [3.63, 3.8) is 0 Å². The molecule has 2 fully saturated rings. The van der Waals surface area contributed by atoms with Crippen molar-refractivity contribution in [2.24, 2.45) is 5.92 Å². The summed E-state index contributed by atoms with van der Waals surface area (Å²) in [7, 11) is 0. The van der Waals surface area contributed by atoms with Crippen molar-refractivity contribution in [3.05, 3.63) is 23.8 Å². The van der Waals surface area contributed by atoms with Crippen molar-refractivity contribution in [1.82, 2.24) is 5.32 Å². The molecule has 2 amide bonds. The monoisotopic (exact) mass is 329 g/mol. The minimum Gasteiger partial charge on any atom is -0.371 e. The molecule has 0 bridgehead atoms. The van der Waals surface area contributed by atoms with Crippen LogP contribution in [0.5, 0.6) is 0 Å². The van der Waals surface area contributed by atoms with Gasteiger partial charge in [0.1, 0.15) is 0 Å².